The topological polar surface area (TPSA) is 97.9 Å². The van der Waals surface area contributed by atoms with Gasteiger partial charge in [-0.05, 0) is 55.5 Å². The summed E-state index contributed by atoms with van der Waals surface area (Å²) in [6.07, 6.45) is 7.23. The average Bonchev–Trinajstić information content (AvgIpc) is 3.37. The number of aliphatic hydroxyl groups is 1. The van der Waals surface area contributed by atoms with Gasteiger partial charge in [-0.3, -0.25) is 14.2 Å². The number of aliphatic hydroxyl groups excluding tert-OH is 1. The molecule has 1 atom stereocenters. The molecule has 0 saturated heterocycles. The maximum atomic E-state index is 13.0. The molecule has 1 aromatic carbocycles. The number of fused-ring (bicyclic) bond motifs is 1. The van der Waals surface area contributed by atoms with Crippen LogP contribution >= 0.6 is 0 Å². The first-order chi connectivity index (χ1) is 15.0. The maximum Gasteiger partial charge on any atom is 0.274 e. The number of amides is 1. The quantitative estimate of drug-likeness (QED) is 0.502. The molecule has 1 aliphatic rings. The van der Waals surface area contributed by atoms with Crippen LogP contribution in [0.1, 0.15) is 41.7 Å². The van der Waals surface area contributed by atoms with E-state index in [0.29, 0.717) is 23.9 Å². The van der Waals surface area contributed by atoms with Crippen LogP contribution in [0.5, 0.6) is 0 Å². The zero-order valence-electron chi connectivity index (χ0n) is 17.5. The fraction of sp³-hybridized carbons (Fsp3) is 0.304. The summed E-state index contributed by atoms with van der Waals surface area (Å²) < 4.78 is 3.45. The Morgan fingerprint density at radius 2 is 2.13 bits per heavy atom. The first-order valence-electron chi connectivity index (χ1n) is 10.4. The third-order valence-electron chi connectivity index (χ3n) is 5.42. The molecule has 1 unspecified atom stereocenters. The minimum absolute atomic E-state index is 0.247. The van der Waals surface area contributed by atoms with Crippen molar-refractivity contribution in [1.82, 2.24) is 24.5 Å². The van der Waals surface area contributed by atoms with Crippen LogP contribution in [0.2, 0.25) is 0 Å². The van der Waals surface area contributed by atoms with Crippen molar-refractivity contribution >= 4 is 22.5 Å². The molecule has 4 aromatic rings. The molecule has 31 heavy (non-hydrogen) atoms. The Bertz CT molecular complexity index is 1270. The smallest absolute Gasteiger partial charge is 0.274 e. The van der Waals surface area contributed by atoms with Gasteiger partial charge in [0.05, 0.1) is 30.1 Å². The Morgan fingerprint density at radius 3 is 2.90 bits per heavy atom. The Balaban J connectivity index is 1.42. The van der Waals surface area contributed by atoms with Gasteiger partial charge in [-0.2, -0.15) is 10.2 Å². The molecule has 2 N–H and O–H groups in total. The zero-order chi connectivity index (χ0) is 21.5. The fourth-order valence-electron chi connectivity index (χ4n) is 3.83. The van der Waals surface area contributed by atoms with Gasteiger partial charge in [0.25, 0.3) is 5.91 Å². The predicted molar refractivity (Wildman–Crippen MR) is 118 cm³/mol. The third kappa shape index (κ3) is 4.06. The molecule has 158 valence electrons. The van der Waals surface area contributed by atoms with Crippen LogP contribution in [0, 0.1) is 0 Å². The molecule has 1 fully saturated rings. The predicted octanol–water partition coefficient (Wildman–Crippen LogP) is 3.34. The van der Waals surface area contributed by atoms with Crippen LogP contribution < -0.4 is 5.32 Å². The summed E-state index contributed by atoms with van der Waals surface area (Å²) >= 11 is 0. The number of nitrogens with zero attached hydrogens (tertiary/aromatic N) is 5. The molecule has 1 saturated carbocycles. The molecule has 8 heteroatoms. The van der Waals surface area contributed by atoms with Gasteiger partial charge >= 0.3 is 0 Å². The minimum atomic E-state index is -0.490. The van der Waals surface area contributed by atoms with E-state index in [-0.39, 0.29) is 5.91 Å². The highest BCUT2D eigenvalue weighted by atomic mass is 16.3. The van der Waals surface area contributed by atoms with Gasteiger partial charge in [0.2, 0.25) is 0 Å². The second-order valence-electron chi connectivity index (χ2n) is 8.24. The summed E-state index contributed by atoms with van der Waals surface area (Å²) in [5.41, 5.74) is 4.70. The van der Waals surface area contributed by atoms with Crippen molar-refractivity contribution in [2.75, 3.05) is 5.32 Å². The fourth-order valence-corrected chi connectivity index (χ4v) is 3.83. The Kier molecular flexibility index (Phi) is 4.78. The van der Waals surface area contributed by atoms with Gasteiger partial charge in [0, 0.05) is 36.1 Å². The van der Waals surface area contributed by atoms with E-state index in [9.17, 15) is 9.90 Å². The number of rotatable bonds is 6. The maximum absolute atomic E-state index is 13.0. The number of anilines is 1. The second kappa shape index (κ2) is 7.63. The van der Waals surface area contributed by atoms with Gasteiger partial charge in [0.1, 0.15) is 5.69 Å². The van der Waals surface area contributed by atoms with Gasteiger partial charge in [0.15, 0.2) is 0 Å². The van der Waals surface area contributed by atoms with E-state index in [1.165, 1.54) is 0 Å². The molecule has 3 heterocycles. The highest BCUT2D eigenvalue weighted by molar-refractivity contribution is 6.04. The lowest BCUT2D eigenvalue weighted by molar-refractivity contribution is 0.102. The molecule has 1 aliphatic carbocycles. The number of hydrogen-bond donors (Lipinski definition) is 2. The summed E-state index contributed by atoms with van der Waals surface area (Å²) in [4.78, 5) is 17.6. The van der Waals surface area contributed by atoms with Crippen LogP contribution in [0.25, 0.3) is 22.2 Å². The molecule has 3 aromatic heterocycles. The van der Waals surface area contributed by atoms with E-state index in [1.807, 2.05) is 37.6 Å². The SMILES string of the molecule is CC(O)Cn1cc(-c2cccc(C(=O)Nc3cc4cn(C)nc4cc3C3CC3)n2)cn1. The number of aryl methyl sites for hydroxylation is 1. The van der Waals surface area contributed by atoms with E-state index in [1.54, 1.807) is 28.6 Å². The Hall–Kier alpha value is -3.52. The molecule has 0 spiro atoms. The van der Waals surface area contributed by atoms with Crippen molar-refractivity contribution < 1.29 is 9.90 Å². The molecular formula is C23H24N6O2. The first kappa shape index (κ1) is 19.4. The largest absolute Gasteiger partial charge is 0.391 e. The van der Waals surface area contributed by atoms with Crippen molar-refractivity contribution in [2.24, 2.45) is 7.05 Å². The lowest BCUT2D eigenvalue weighted by Gasteiger charge is -2.11. The van der Waals surface area contributed by atoms with Crippen LogP contribution in [0.3, 0.4) is 0 Å². The zero-order valence-corrected chi connectivity index (χ0v) is 17.5. The van der Waals surface area contributed by atoms with Gasteiger partial charge in [-0.15, -0.1) is 0 Å². The average molecular weight is 416 g/mol. The number of aromatic nitrogens is 5. The van der Waals surface area contributed by atoms with Crippen LogP contribution in [0.4, 0.5) is 5.69 Å². The summed E-state index contributed by atoms with van der Waals surface area (Å²) in [6.45, 7) is 2.12. The van der Waals surface area contributed by atoms with E-state index in [4.69, 9.17) is 0 Å². The highest BCUT2D eigenvalue weighted by Crippen LogP contribution is 2.44. The second-order valence-corrected chi connectivity index (χ2v) is 8.24. The number of benzene rings is 1. The van der Waals surface area contributed by atoms with Gasteiger partial charge in [-0.25, -0.2) is 4.98 Å². The van der Waals surface area contributed by atoms with E-state index < -0.39 is 6.10 Å². The standard InChI is InChI=1S/C23H24N6O2/c1-14(30)11-29-13-17(10-24-29)19-4-3-5-20(25-19)23(31)26-22-8-16-12-28(2)27-21(16)9-18(22)15-6-7-15/h3-5,8-10,12-15,30H,6-7,11H2,1-2H3,(H,26,31). The van der Waals surface area contributed by atoms with Gasteiger partial charge < -0.3 is 10.4 Å². The summed E-state index contributed by atoms with van der Waals surface area (Å²) in [7, 11) is 1.90. The summed E-state index contributed by atoms with van der Waals surface area (Å²) in [5.74, 6) is 0.226. The molecule has 5 rings (SSSR count). The number of pyridine rings is 1. The number of nitrogens with one attached hydrogen (secondary N) is 1. The van der Waals surface area contributed by atoms with Crippen LogP contribution in [-0.2, 0) is 13.6 Å². The Labute approximate surface area is 179 Å². The first-order valence-corrected chi connectivity index (χ1v) is 10.4. The number of carbonyl (C=O) groups is 1. The monoisotopic (exact) mass is 416 g/mol. The lowest BCUT2D eigenvalue weighted by Crippen LogP contribution is -2.15. The van der Waals surface area contributed by atoms with E-state index >= 15 is 0 Å². The van der Waals surface area contributed by atoms with Crippen molar-refractivity contribution in [3.05, 3.63) is 60.2 Å². The van der Waals surface area contributed by atoms with Crippen molar-refractivity contribution in [3.8, 4) is 11.3 Å². The lowest BCUT2D eigenvalue weighted by atomic mass is 10.1. The van der Waals surface area contributed by atoms with Crippen molar-refractivity contribution in [1.29, 1.82) is 0 Å². The normalized spacial score (nSPS) is 14.7. The Morgan fingerprint density at radius 1 is 1.29 bits per heavy atom. The van der Waals surface area contributed by atoms with Crippen molar-refractivity contribution in [3.63, 3.8) is 0 Å². The number of hydrogen-bond acceptors (Lipinski definition) is 5. The third-order valence-corrected chi connectivity index (χ3v) is 5.42. The van der Waals surface area contributed by atoms with E-state index in [0.717, 1.165) is 40.6 Å². The molecule has 0 bridgehead atoms. The number of carbonyl (C=O) groups excluding carboxylic acids is 1. The molecule has 0 aliphatic heterocycles. The molecule has 8 nitrogen and oxygen atoms in total. The van der Waals surface area contributed by atoms with Crippen molar-refractivity contribution in [2.45, 2.75) is 38.3 Å². The van der Waals surface area contributed by atoms with Gasteiger partial charge in [-0.1, -0.05) is 6.07 Å². The molecule has 1 amide bonds. The van der Waals surface area contributed by atoms with E-state index in [2.05, 4.69) is 26.6 Å². The summed E-state index contributed by atoms with van der Waals surface area (Å²) in [5, 5.41) is 22.4. The summed E-state index contributed by atoms with van der Waals surface area (Å²) in [6, 6.07) is 9.45. The highest BCUT2D eigenvalue weighted by Gasteiger charge is 2.28. The molecular weight excluding hydrogens is 392 g/mol. The van der Waals surface area contributed by atoms with Crippen LogP contribution in [0.15, 0.2) is 48.9 Å². The molecule has 0 radical (unpaired) electrons. The minimum Gasteiger partial charge on any atom is -0.391 e. The van der Waals surface area contributed by atoms with Crippen LogP contribution in [-0.4, -0.2) is 41.7 Å².